The highest BCUT2D eigenvalue weighted by atomic mass is 35.5. The number of rotatable bonds is 7. The lowest BCUT2D eigenvalue weighted by molar-refractivity contribution is -0.120. The Morgan fingerprint density at radius 1 is 1.14 bits per heavy atom. The smallest absolute Gasteiger partial charge is 0.224 e. The molecule has 0 aromatic heterocycles. The molecule has 2 rings (SSSR count). The third-order valence-electron chi connectivity index (χ3n) is 3.20. The molecular weight excluding hydrogens is 314 g/mol. The number of amides is 1. The van der Waals surface area contributed by atoms with E-state index in [4.69, 9.17) is 11.6 Å². The van der Waals surface area contributed by atoms with Crippen LogP contribution in [0.1, 0.15) is 16.7 Å². The van der Waals surface area contributed by atoms with Gasteiger partial charge in [-0.3, -0.25) is 4.79 Å². The van der Waals surface area contributed by atoms with Crippen molar-refractivity contribution >= 4 is 29.3 Å². The second-order valence-corrected chi connectivity index (χ2v) is 6.74. The highest BCUT2D eigenvalue weighted by Crippen LogP contribution is 2.13. The molecule has 0 aliphatic heterocycles. The van der Waals surface area contributed by atoms with Crippen molar-refractivity contribution < 1.29 is 4.79 Å². The molecule has 0 atom stereocenters. The maximum Gasteiger partial charge on any atom is 0.224 e. The van der Waals surface area contributed by atoms with Crippen LogP contribution in [0.25, 0.3) is 0 Å². The second kappa shape index (κ2) is 8.86. The van der Waals surface area contributed by atoms with Gasteiger partial charge in [-0.1, -0.05) is 53.6 Å². The van der Waals surface area contributed by atoms with Crippen molar-refractivity contribution in [1.82, 2.24) is 5.32 Å². The van der Waals surface area contributed by atoms with Crippen LogP contribution in [0.15, 0.2) is 48.5 Å². The normalized spacial score (nSPS) is 10.5. The lowest BCUT2D eigenvalue weighted by Gasteiger charge is -2.06. The van der Waals surface area contributed by atoms with E-state index < -0.39 is 0 Å². The molecule has 0 heterocycles. The van der Waals surface area contributed by atoms with E-state index in [0.717, 1.165) is 17.1 Å². The zero-order chi connectivity index (χ0) is 15.8. The van der Waals surface area contributed by atoms with Crippen molar-refractivity contribution in [2.75, 3.05) is 12.3 Å². The van der Waals surface area contributed by atoms with Gasteiger partial charge >= 0.3 is 0 Å². The molecule has 0 unspecified atom stereocenters. The third-order valence-corrected chi connectivity index (χ3v) is 4.48. The van der Waals surface area contributed by atoms with Crippen LogP contribution in [0.3, 0.4) is 0 Å². The van der Waals surface area contributed by atoms with Crippen molar-refractivity contribution in [3.05, 3.63) is 70.2 Å². The Balaban J connectivity index is 1.62. The first-order valence-corrected chi connectivity index (χ1v) is 8.81. The van der Waals surface area contributed by atoms with E-state index in [-0.39, 0.29) is 5.91 Å². The Bertz CT molecular complexity index is 613. The SMILES string of the molecule is Cc1cccc(CSCCNC(=O)Cc2ccc(Cl)cc2)c1. The van der Waals surface area contributed by atoms with Gasteiger partial charge in [-0.05, 0) is 30.2 Å². The van der Waals surface area contributed by atoms with Gasteiger partial charge < -0.3 is 5.32 Å². The number of carbonyl (C=O) groups is 1. The van der Waals surface area contributed by atoms with Gasteiger partial charge in [0.1, 0.15) is 0 Å². The van der Waals surface area contributed by atoms with Crippen LogP contribution in [-0.4, -0.2) is 18.2 Å². The molecule has 116 valence electrons. The lowest BCUT2D eigenvalue weighted by Crippen LogP contribution is -2.27. The molecule has 0 aliphatic rings. The summed E-state index contributed by atoms with van der Waals surface area (Å²) in [6, 6.07) is 15.9. The third kappa shape index (κ3) is 6.12. The van der Waals surface area contributed by atoms with Gasteiger partial charge in [-0.15, -0.1) is 0 Å². The van der Waals surface area contributed by atoms with Crippen LogP contribution in [0, 0.1) is 6.92 Å². The van der Waals surface area contributed by atoms with E-state index in [0.29, 0.717) is 18.0 Å². The molecule has 0 saturated heterocycles. The number of hydrogen-bond donors (Lipinski definition) is 1. The minimum absolute atomic E-state index is 0.0541. The van der Waals surface area contributed by atoms with E-state index >= 15 is 0 Å². The number of benzene rings is 2. The molecule has 2 nitrogen and oxygen atoms in total. The Labute approximate surface area is 141 Å². The zero-order valence-corrected chi connectivity index (χ0v) is 14.2. The second-order valence-electron chi connectivity index (χ2n) is 5.19. The highest BCUT2D eigenvalue weighted by Gasteiger charge is 2.03. The first-order valence-electron chi connectivity index (χ1n) is 7.28. The fourth-order valence-corrected chi connectivity index (χ4v) is 3.04. The molecule has 0 fully saturated rings. The van der Waals surface area contributed by atoms with Crippen LogP contribution in [-0.2, 0) is 17.0 Å². The fourth-order valence-electron chi connectivity index (χ4n) is 2.10. The Kier molecular flexibility index (Phi) is 6.81. The topological polar surface area (TPSA) is 29.1 Å². The molecule has 22 heavy (non-hydrogen) atoms. The van der Waals surface area contributed by atoms with Gasteiger partial charge in [0.25, 0.3) is 0 Å². The van der Waals surface area contributed by atoms with Crippen LogP contribution in [0.2, 0.25) is 5.02 Å². The first kappa shape index (κ1) is 16.9. The molecule has 0 aliphatic carbocycles. The molecule has 1 amide bonds. The molecule has 4 heteroatoms. The molecule has 0 saturated carbocycles. The van der Waals surface area contributed by atoms with Crippen molar-refractivity contribution in [3.8, 4) is 0 Å². The summed E-state index contributed by atoms with van der Waals surface area (Å²) in [6.07, 6.45) is 0.402. The van der Waals surface area contributed by atoms with Gasteiger partial charge in [-0.2, -0.15) is 11.8 Å². The van der Waals surface area contributed by atoms with Crippen molar-refractivity contribution in [3.63, 3.8) is 0 Å². The molecule has 2 aromatic rings. The van der Waals surface area contributed by atoms with E-state index in [1.165, 1.54) is 11.1 Å². The zero-order valence-electron chi connectivity index (χ0n) is 12.6. The van der Waals surface area contributed by atoms with Crippen LogP contribution < -0.4 is 5.32 Å². The largest absolute Gasteiger partial charge is 0.355 e. The van der Waals surface area contributed by atoms with E-state index in [1.807, 2.05) is 36.0 Å². The standard InChI is InChI=1S/C18H20ClNOS/c1-14-3-2-4-16(11-14)13-22-10-9-20-18(21)12-15-5-7-17(19)8-6-15/h2-8,11H,9-10,12-13H2,1H3,(H,20,21). The van der Waals surface area contributed by atoms with Crippen LogP contribution in [0.5, 0.6) is 0 Å². The fraction of sp³-hybridized carbons (Fsp3) is 0.278. The van der Waals surface area contributed by atoms with E-state index in [1.54, 1.807) is 0 Å². The average Bonchev–Trinajstić information content (AvgIpc) is 2.49. The van der Waals surface area contributed by atoms with Gasteiger partial charge in [0, 0.05) is 23.1 Å². The summed E-state index contributed by atoms with van der Waals surface area (Å²) in [5.74, 6) is 1.95. The van der Waals surface area contributed by atoms with Crippen LogP contribution >= 0.6 is 23.4 Å². The first-order chi connectivity index (χ1) is 10.6. The molecule has 0 bridgehead atoms. The Hall–Kier alpha value is -1.45. The van der Waals surface area contributed by atoms with Crippen molar-refractivity contribution in [2.45, 2.75) is 19.1 Å². The number of halogens is 1. The van der Waals surface area contributed by atoms with E-state index in [9.17, 15) is 4.79 Å². The molecule has 1 N–H and O–H groups in total. The number of nitrogens with one attached hydrogen (secondary N) is 1. The summed E-state index contributed by atoms with van der Waals surface area (Å²) >= 11 is 7.66. The number of thioether (sulfide) groups is 1. The Morgan fingerprint density at radius 3 is 2.64 bits per heavy atom. The van der Waals surface area contributed by atoms with Gasteiger partial charge in [0.15, 0.2) is 0 Å². The number of hydrogen-bond acceptors (Lipinski definition) is 2. The van der Waals surface area contributed by atoms with Crippen LogP contribution in [0.4, 0.5) is 0 Å². The molecular formula is C18H20ClNOS. The van der Waals surface area contributed by atoms with Gasteiger partial charge in [0.05, 0.1) is 6.42 Å². The van der Waals surface area contributed by atoms with Gasteiger partial charge in [0.2, 0.25) is 5.91 Å². The summed E-state index contributed by atoms with van der Waals surface area (Å²) in [5.41, 5.74) is 3.60. The minimum atomic E-state index is 0.0541. The molecule has 2 aromatic carbocycles. The minimum Gasteiger partial charge on any atom is -0.355 e. The van der Waals surface area contributed by atoms with Crippen molar-refractivity contribution in [1.29, 1.82) is 0 Å². The lowest BCUT2D eigenvalue weighted by atomic mass is 10.1. The van der Waals surface area contributed by atoms with E-state index in [2.05, 4.69) is 36.5 Å². The van der Waals surface area contributed by atoms with Crippen molar-refractivity contribution in [2.24, 2.45) is 0 Å². The predicted molar refractivity (Wildman–Crippen MR) is 95.5 cm³/mol. The summed E-state index contributed by atoms with van der Waals surface area (Å²) in [7, 11) is 0. The average molecular weight is 334 g/mol. The monoisotopic (exact) mass is 333 g/mol. The number of aryl methyl sites for hydroxylation is 1. The predicted octanol–water partition coefficient (Wildman–Crippen LogP) is 4.24. The summed E-state index contributed by atoms with van der Waals surface area (Å²) in [5, 5.41) is 3.64. The quantitative estimate of drug-likeness (QED) is 0.768. The molecule has 0 spiro atoms. The molecule has 0 radical (unpaired) electrons. The maximum atomic E-state index is 11.8. The highest BCUT2D eigenvalue weighted by molar-refractivity contribution is 7.98. The maximum absolute atomic E-state index is 11.8. The summed E-state index contributed by atoms with van der Waals surface area (Å²) in [6.45, 7) is 2.80. The number of carbonyl (C=O) groups excluding carboxylic acids is 1. The van der Waals surface area contributed by atoms with Gasteiger partial charge in [-0.25, -0.2) is 0 Å². The Morgan fingerprint density at radius 2 is 1.91 bits per heavy atom. The summed E-state index contributed by atoms with van der Waals surface area (Å²) < 4.78 is 0. The summed E-state index contributed by atoms with van der Waals surface area (Å²) in [4.78, 5) is 11.8.